The first-order chi connectivity index (χ1) is 9.72. The van der Waals surface area contributed by atoms with E-state index in [1.54, 1.807) is 36.7 Å². The average molecular weight is 263 g/mol. The van der Waals surface area contributed by atoms with Crippen LogP contribution >= 0.6 is 0 Å². The maximum Gasteiger partial charge on any atom is 0.255 e. The summed E-state index contributed by atoms with van der Waals surface area (Å²) in [5, 5.41) is 4.95. The van der Waals surface area contributed by atoms with Crippen molar-refractivity contribution in [2.75, 3.05) is 11.1 Å². The molecule has 0 radical (unpaired) electrons. The Balaban J connectivity index is 1.85. The van der Waals surface area contributed by atoms with E-state index in [1.807, 2.05) is 24.3 Å². The minimum Gasteiger partial charge on any atom is -0.399 e. The van der Waals surface area contributed by atoms with Crippen molar-refractivity contribution in [1.29, 1.82) is 0 Å². The van der Waals surface area contributed by atoms with Gasteiger partial charge in [-0.2, -0.15) is 0 Å². The molecule has 3 N–H and O–H groups in total. The van der Waals surface area contributed by atoms with Crippen molar-refractivity contribution in [2.45, 2.75) is 0 Å². The predicted octanol–water partition coefficient (Wildman–Crippen LogP) is 3.07. The summed E-state index contributed by atoms with van der Waals surface area (Å²) in [6.45, 7) is 0. The Hall–Kier alpha value is -2.88. The zero-order valence-electron chi connectivity index (χ0n) is 10.7. The normalized spacial score (nSPS) is 10.4. The van der Waals surface area contributed by atoms with Crippen molar-refractivity contribution in [3.63, 3.8) is 0 Å². The molecule has 0 aliphatic rings. The zero-order valence-corrected chi connectivity index (χ0v) is 10.7. The highest BCUT2D eigenvalue weighted by atomic mass is 16.1. The minimum absolute atomic E-state index is 0.154. The van der Waals surface area contributed by atoms with Crippen molar-refractivity contribution >= 4 is 28.1 Å². The molecule has 0 atom stereocenters. The summed E-state index contributed by atoms with van der Waals surface area (Å²) in [4.78, 5) is 16.2. The predicted molar refractivity (Wildman–Crippen MR) is 80.6 cm³/mol. The highest BCUT2D eigenvalue weighted by molar-refractivity contribution is 6.05. The molecule has 1 aromatic heterocycles. The van der Waals surface area contributed by atoms with Gasteiger partial charge in [0.1, 0.15) is 0 Å². The number of aromatic nitrogens is 1. The van der Waals surface area contributed by atoms with Crippen molar-refractivity contribution in [1.82, 2.24) is 4.98 Å². The van der Waals surface area contributed by atoms with Gasteiger partial charge in [-0.15, -0.1) is 0 Å². The number of amides is 1. The van der Waals surface area contributed by atoms with Crippen LogP contribution in [0.5, 0.6) is 0 Å². The first-order valence-electron chi connectivity index (χ1n) is 6.23. The summed E-state index contributed by atoms with van der Waals surface area (Å²) in [6.07, 6.45) is 3.52. The number of hydrogen-bond donors (Lipinski definition) is 2. The molecule has 0 bridgehead atoms. The summed E-state index contributed by atoms with van der Waals surface area (Å²) < 4.78 is 0. The van der Waals surface area contributed by atoms with Crippen molar-refractivity contribution in [2.24, 2.45) is 0 Å². The van der Waals surface area contributed by atoms with Gasteiger partial charge in [-0.05, 0) is 47.9 Å². The van der Waals surface area contributed by atoms with E-state index in [2.05, 4.69) is 10.3 Å². The van der Waals surface area contributed by atoms with E-state index in [4.69, 9.17) is 5.73 Å². The number of pyridine rings is 1. The quantitative estimate of drug-likeness (QED) is 0.698. The molecule has 1 amide bonds. The summed E-state index contributed by atoms with van der Waals surface area (Å²) in [5.74, 6) is -0.154. The van der Waals surface area contributed by atoms with E-state index >= 15 is 0 Å². The summed E-state index contributed by atoms with van der Waals surface area (Å²) >= 11 is 0. The van der Waals surface area contributed by atoms with Gasteiger partial charge < -0.3 is 11.1 Å². The maximum atomic E-state index is 12.1. The van der Waals surface area contributed by atoms with Crippen LogP contribution in [0.3, 0.4) is 0 Å². The molecule has 98 valence electrons. The monoisotopic (exact) mass is 263 g/mol. The Morgan fingerprint density at radius 2 is 1.80 bits per heavy atom. The van der Waals surface area contributed by atoms with Crippen LogP contribution in [0.15, 0.2) is 60.9 Å². The molecule has 4 nitrogen and oxygen atoms in total. The molecule has 4 heteroatoms. The minimum atomic E-state index is -0.154. The van der Waals surface area contributed by atoms with Gasteiger partial charge in [0.25, 0.3) is 5.91 Å². The summed E-state index contributed by atoms with van der Waals surface area (Å²) in [6, 6.07) is 14.5. The van der Waals surface area contributed by atoms with E-state index < -0.39 is 0 Å². The number of nitrogen functional groups attached to an aromatic ring is 1. The molecular formula is C16H13N3O. The van der Waals surface area contributed by atoms with Crippen LogP contribution in [0.1, 0.15) is 10.4 Å². The third-order valence-electron chi connectivity index (χ3n) is 3.07. The number of hydrogen-bond acceptors (Lipinski definition) is 3. The molecule has 20 heavy (non-hydrogen) atoms. The first-order valence-corrected chi connectivity index (χ1v) is 6.23. The third kappa shape index (κ3) is 2.44. The van der Waals surface area contributed by atoms with Crippen LogP contribution in [0.2, 0.25) is 0 Å². The standard InChI is InChI=1S/C16H13N3O/c17-14-4-1-11(2-5-14)16(20)19-15-6-3-13-10-18-8-7-12(13)9-15/h1-10H,17H2,(H,19,20). The fourth-order valence-corrected chi connectivity index (χ4v) is 2.00. The Morgan fingerprint density at radius 1 is 1.00 bits per heavy atom. The number of nitrogens with zero attached hydrogens (tertiary/aromatic N) is 1. The zero-order chi connectivity index (χ0) is 13.9. The van der Waals surface area contributed by atoms with Gasteiger partial charge in [0.15, 0.2) is 0 Å². The largest absolute Gasteiger partial charge is 0.399 e. The lowest BCUT2D eigenvalue weighted by Crippen LogP contribution is -2.11. The van der Waals surface area contributed by atoms with Crippen molar-refractivity contribution in [3.05, 3.63) is 66.5 Å². The van der Waals surface area contributed by atoms with Gasteiger partial charge in [0.2, 0.25) is 0 Å². The van der Waals surface area contributed by atoms with Crippen LogP contribution in [0, 0.1) is 0 Å². The molecule has 0 aliphatic heterocycles. The lowest BCUT2D eigenvalue weighted by Gasteiger charge is -2.06. The molecule has 3 rings (SSSR count). The molecule has 0 unspecified atom stereocenters. The van der Waals surface area contributed by atoms with Crippen molar-refractivity contribution in [3.8, 4) is 0 Å². The van der Waals surface area contributed by atoms with Gasteiger partial charge >= 0.3 is 0 Å². The van der Waals surface area contributed by atoms with Crippen LogP contribution in [0.25, 0.3) is 10.8 Å². The Labute approximate surface area is 116 Å². The molecule has 0 spiro atoms. The van der Waals surface area contributed by atoms with E-state index in [1.165, 1.54) is 0 Å². The van der Waals surface area contributed by atoms with Gasteiger partial charge in [-0.1, -0.05) is 6.07 Å². The van der Waals surface area contributed by atoms with E-state index in [-0.39, 0.29) is 5.91 Å². The fraction of sp³-hybridized carbons (Fsp3) is 0. The molecule has 0 saturated carbocycles. The van der Waals surface area contributed by atoms with E-state index in [9.17, 15) is 4.79 Å². The number of benzene rings is 2. The number of anilines is 2. The topological polar surface area (TPSA) is 68.0 Å². The number of nitrogens with one attached hydrogen (secondary N) is 1. The average Bonchev–Trinajstić information content (AvgIpc) is 2.48. The fourth-order valence-electron chi connectivity index (χ4n) is 2.00. The van der Waals surface area contributed by atoms with Crippen molar-refractivity contribution < 1.29 is 4.79 Å². The molecule has 0 fully saturated rings. The van der Waals surface area contributed by atoms with Gasteiger partial charge in [0.05, 0.1) is 0 Å². The Morgan fingerprint density at radius 3 is 2.60 bits per heavy atom. The lowest BCUT2D eigenvalue weighted by molar-refractivity contribution is 0.102. The van der Waals surface area contributed by atoms with Crippen LogP contribution in [-0.2, 0) is 0 Å². The number of nitrogens with two attached hydrogens (primary N) is 1. The molecule has 0 saturated heterocycles. The first kappa shape index (κ1) is 12.2. The van der Waals surface area contributed by atoms with Gasteiger partial charge in [-0.3, -0.25) is 9.78 Å². The summed E-state index contributed by atoms with van der Waals surface area (Å²) in [5.41, 5.74) is 7.58. The smallest absolute Gasteiger partial charge is 0.255 e. The molecule has 1 heterocycles. The van der Waals surface area contributed by atoms with Crippen LogP contribution in [-0.4, -0.2) is 10.9 Å². The number of fused-ring (bicyclic) bond motifs is 1. The Kier molecular flexibility index (Phi) is 3.05. The lowest BCUT2D eigenvalue weighted by atomic mass is 10.1. The highest BCUT2D eigenvalue weighted by Crippen LogP contribution is 2.18. The summed E-state index contributed by atoms with van der Waals surface area (Å²) in [7, 11) is 0. The number of rotatable bonds is 2. The highest BCUT2D eigenvalue weighted by Gasteiger charge is 2.06. The second-order valence-corrected chi connectivity index (χ2v) is 4.51. The number of carbonyl (C=O) groups excluding carboxylic acids is 1. The molecule has 3 aromatic rings. The van der Waals surface area contributed by atoms with Crippen LogP contribution in [0.4, 0.5) is 11.4 Å². The third-order valence-corrected chi connectivity index (χ3v) is 3.07. The maximum absolute atomic E-state index is 12.1. The second-order valence-electron chi connectivity index (χ2n) is 4.51. The molecule has 2 aromatic carbocycles. The second kappa shape index (κ2) is 5.01. The van der Waals surface area contributed by atoms with Crippen LogP contribution < -0.4 is 11.1 Å². The van der Waals surface area contributed by atoms with Gasteiger partial charge in [-0.25, -0.2) is 0 Å². The molecule has 0 aliphatic carbocycles. The number of carbonyl (C=O) groups is 1. The Bertz CT molecular complexity index is 766. The van der Waals surface area contributed by atoms with E-state index in [0.29, 0.717) is 11.3 Å². The van der Waals surface area contributed by atoms with E-state index in [0.717, 1.165) is 16.5 Å². The SMILES string of the molecule is Nc1ccc(C(=O)Nc2ccc3cnccc3c2)cc1. The molecular weight excluding hydrogens is 250 g/mol. The van der Waals surface area contributed by atoms with Gasteiger partial charge in [0, 0.05) is 34.7 Å².